The van der Waals surface area contributed by atoms with Gasteiger partial charge in [-0.05, 0) is 6.07 Å². The molecule has 1 aromatic heterocycles. The third kappa shape index (κ3) is 1.66. The molecule has 0 saturated carbocycles. The van der Waals surface area contributed by atoms with Crippen molar-refractivity contribution in [1.82, 2.24) is 15.0 Å². The molecule has 1 aromatic carbocycles. The van der Waals surface area contributed by atoms with Gasteiger partial charge in [-0.3, -0.25) is 10.1 Å². The number of hydrogen-bond acceptors (Lipinski definition) is 4. The Morgan fingerprint density at radius 1 is 1.47 bits per heavy atom. The highest BCUT2D eigenvalue weighted by Gasteiger charge is 2.11. The largest absolute Gasteiger partial charge is 0.272 e. The molecule has 0 spiro atoms. The van der Waals surface area contributed by atoms with E-state index in [1.54, 1.807) is 0 Å². The number of benzene rings is 1. The maximum Gasteiger partial charge on any atom is 0.272 e. The fourth-order valence-corrected chi connectivity index (χ4v) is 1.13. The van der Waals surface area contributed by atoms with Gasteiger partial charge in [-0.25, -0.2) is 9.07 Å². The van der Waals surface area contributed by atoms with Crippen molar-refractivity contribution in [2.24, 2.45) is 0 Å². The van der Waals surface area contributed by atoms with Crippen molar-refractivity contribution in [3.8, 4) is 5.69 Å². The minimum atomic E-state index is -0.713. The van der Waals surface area contributed by atoms with Crippen LogP contribution < -0.4 is 0 Å². The Balaban J connectivity index is 2.48. The molecule has 0 saturated heterocycles. The SMILES string of the molecule is O=[N+]([O-])c1ccc(-n2ccnn2)c(F)c1. The number of rotatable bonds is 2. The number of nitro benzene ring substituents is 1. The van der Waals surface area contributed by atoms with Gasteiger partial charge < -0.3 is 0 Å². The molecule has 0 aliphatic heterocycles. The first-order valence-corrected chi connectivity index (χ1v) is 3.99. The van der Waals surface area contributed by atoms with Gasteiger partial charge in [-0.2, -0.15) is 0 Å². The Bertz CT molecular complexity index is 497. The van der Waals surface area contributed by atoms with Crippen molar-refractivity contribution in [3.63, 3.8) is 0 Å². The third-order valence-electron chi connectivity index (χ3n) is 1.81. The summed E-state index contributed by atoms with van der Waals surface area (Å²) < 4.78 is 14.6. The maximum absolute atomic E-state index is 13.4. The van der Waals surface area contributed by atoms with Gasteiger partial charge in [0.2, 0.25) is 0 Å². The number of non-ortho nitro benzene ring substituents is 1. The number of nitrogens with zero attached hydrogens (tertiary/aromatic N) is 4. The van der Waals surface area contributed by atoms with E-state index in [0.29, 0.717) is 0 Å². The first kappa shape index (κ1) is 9.25. The zero-order valence-electron chi connectivity index (χ0n) is 7.37. The van der Waals surface area contributed by atoms with E-state index in [0.717, 1.165) is 6.07 Å². The van der Waals surface area contributed by atoms with Crippen molar-refractivity contribution in [1.29, 1.82) is 0 Å². The highest BCUT2D eigenvalue weighted by molar-refractivity contribution is 5.41. The van der Waals surface area contributed by atoms with Gasteiger partial charge in [0.25, 0.3) is 5.69 Å². The Labute approximate surface area is 83.1 Å². The molecule has 0 aliphatic carbocycles. The first-order valence-electron chi connectivity index (χ1n) is 3.99. The van der Waals surface area contributed by atoms with Crippen molar-refractivity contribution in [2.45, 2.75) is 0 Å². The van der Waals surface area contributed by atoms with Gasteiger partial charge in [0.15, 0.2) is 5.82 Å². The maximum atomic E-state index is 13.4. The van der Waals surface area contributed by atoms with Gasteiger partial charge in [0.05, 0.1) is 23.4 Å². The van der Waals surface area contributed by atoms with Crippen LogP contribution in [0.3, 0.4) is 0 Å². The molecule has 0 atom stereocenters. The zero-order chi connectivity index (χ0) is 10.8. The second-order valence-electron chi connectivity index (χ2n) is 2.74. The smallest absolute Gasteiger partial charge is 0.258 e. The molecule has 1 heterocycles. The molecule has 0 aliphatic rings. The predicted octanol–water partition coefficient (Wildman–Crippen LogP) is 1.31. The lowest BCUT2D eigenvalue weighted by Crippen LogP contribution is -1.99. The molecule has 2 rings (SSSR count). The Kier molecular flexibility index (Phi) is 2.13. The molecule has 0 radical (unpaired) electrons. The van der Waals surface area contributed by atoms with Crippen molar-refractivity contribution < 1.29 is 9.31 Å². The van der Waals surface area contributed by atoms with Crippen LogP contribution in [0.2, 0.25) is 0 Å². The highest BCUT2D eigenvalue weighted by atomic mass is 19.1. The predicted molar refractivity (Wildman–Crippen MR) is 48.0 cm³/mol. The van der Waals surface area contributed by atoms with Gasteiger partial charge in [-0.15, -0.1) is 5.10 Å². The van der Waals surface area contributed by atoms with Crippen molar-refractivity contribution >= 4 is 5.69 Å². The second kappa shape index (κ2) is 3.45. The van der Waals surface area contributed by atoms with Gasteiger partial charge >= 0.3 is 0 Å². The quantitative estimate of drug-likeness (QED) is 0.551. The molecule has 76 valence electrons. The lowest BCUT2D eigenvalue weighted by molar-refractivity contribution is -0.385. The van der Waals surface area contributed by atoms with Gasteiger partial charge in [-0.1, -0.05) is 5.21 Å². The minimum absolute atomic E-state index is 0.123. The van der Waals surface area contributed by atoms with E-state index in [1.807, 2.05) is 0 Å². The summed E-state index contributed by atoms with van der Waals surface area (Å²) in [4.78, 5) is 9.70. The van der Waals surface area contributed by atoms with E-state index in [-0.39, 0.29) is 11.4 Å². The van der Waals surface area contributed by atoms with E-state index in [1.165, 1.54) is 29.2 Å². The van der Waals surface area contributed by atoms with Gasteiger partial charge in [0, 0.05) is 6.07 Å². The molecule has 15 heavy (non-hydrogen) atoms. The molecule has 2 aromatic rings. The minimum Gasteiger partial charge on any atom is -0.258 e. The van der Waals surface area contributed by atoms with Crippen LogP contribution in [0.5, 0.6) is 0 Å². The number of halogens is 1. The molecule has 0 N–H and O–H groups in total. The van der Waals surface area contributed by atoms with Crippen LogP contribution in [0.25, 0.3) is 5.69 Å². The summed E-state index contributed by atoms with van der Waals surface area (Å²) in [5.41, 5.74) is -0.172. The standard InChI is InChI=1S/C8H5FN4O2/c9-7-5-6(13(14)15)1-2-8(7)12-4-3-10-11-12/h1-5H. The molecule has 0 bridgehead atoms. The highest BCUT2D eigenvalue weighted by Crippen LogP contribution is 2.18. The van der Waals surface area contributed by atoms with E-state index < -0.39 is 10.7 Å². The molecule has 6 nitrogen and oxygen atoms in total. The summed E-state index contributed by atoms with van der Waals surface area (Å²) in [6.07, 6.45) is 2.84. The molecule has 0 amide bonds. The summed E-state index contributed by atoms with van der Waals surface area (Å²) >= 11 is 0. The topological polar surface area (TPSA) is 73.8 Å². The average Bonchev–Trinajstić information content (AvgIpc) is 2.70. The molecule has 7 heteroatoms. The van der Waals surface area contributed by atoms with Crippen LogP contribution in [0.1, 0.15) is 0 Å². The van der Waals surface area contributed by atoms with Crippen LogP contribution in [-0.4, -0.2) is 19.9 Å². The van der Waals surface area contributed by atoms with Crippen LogP contribution >= 0.6 is 0 Å². The molecule has 0 unspecified atom stereocenters. The number of hydrogen-bond donors (Lipinski definition) is 0. The first-order chi connectivity index (χ1) is 7.18. The molecular weight excluding hydrogens is 203 g/mol. The van der Waals surface area contributed by atoms with E-state index in [2.05, 4.69) is 10.3 Å². The van der Waals surface area contributed by atoms with Crippen LogP contribution in [0.4, 0.5) is 10.1 Å². The monoisotopic (exact) mass is 208 g/mol. The summed E-state index contributed by atoms with van der Waals surface area (Å²) in [5.74, 6) is -0.713. The summed E-state index contributed by atoms with van der Waals surface area (Å²) in [7, 11) is 0. The number of aromatic nitrogens is 3. The fourth-order valence-electron chi connectivity index (χ4n) is 1.13. The van der Waals surface area contributed by atoms with Crippen LogP contribution in [-0.2, 0) is 0 Å². The normalized spacial score (nSPS) is 10.2. The zero-order valence-corrected chi connectivity index (χ0v) is 7.37. The van der Waals surface area contributed by atoms with E-state index in [9.17, 15) is 14.5 Å². The lowest BCUT2D eigenvalue weighted by Gasteiger charge is -2.00. The van der Waals surface area contributed by atoms with Crippen LogP contribution in [0.15, 0.2) is 30.6 Å². The molecule has 0 fully saturated rings. The molecular formula is C8H5FN4O2. The average molecular weight is 208 g/mol. The lowest BCUT2D eigenvalue weighted by atomic mass is 10.3. The summed E-state index contributed by atoms with van der Waals surface area (Å²) in [5, 5.41) is 17.4. The Hall–Kier alpha value is -2.31. The second-order valence-corrected chi connectivity index (χ2v) is 2.74. The Morgan fingerprint density at radius 3 is 2.80 bits per heavy atom. The Morgan fingerprint density at radius 2 is 2.27 bits per heavy atom. The van der Waals surface area contributed by atoms with Gasteiger partial charge in [0.1, 0.15) is 5.69 Å². The van der Waals surface area contributed by atoms with Crippen LogP contribution in [0, 0.1) is 15.9 Å². The van der Waals surface area contributed by atoms with Crippen molar-refractivity contribution in [2.75, 3.05) is 0 Å². The van der Waals surface area contributed by atoms with Crippen molar-refractivity contribution in [3.05, 3.63) is 46.5 Å². The third-order valence-corrected chi connectivity index (χ3v) is 1.81. The number of nitro groups is 1. The van der Waals surface area contributed by atoms with E-state index >= 15 is 0 Å². The van der Waals surface area contributed by atoms with E-state index in [4.69, 9.17) is 0 Å². The summed E-state index contributed by atoms with van der Waals surface area (Å²) in [6, 6.07) is 3.33. The summed E-state index contributed by atoms with van der Waals surface area (Å²) in [6.45, 7) is 0. The fraction of sp³-hybridized carbons (Fsp3) is 0.